The third kappa shape index (κ3) is 4.94. The van der Waals surface area contributed by atoms with Gasteiger partial charge in [-0.15, -0.1) is 0 Å². The topological polar surface area (TPSA) is 104 Å². The number of nitrogens with zero attached hydrogens (tertiary/aromatic N) is 3. The second-order valence-electron chi connectivity index (χ2n) is 5.58. The number of rotatable bonds is 4. The lowest BCUT2D eigenvalue weighted by molar-refractivity contribution is -0.115. The molecule has 0 bridgehead atoms. The summed E-state index contributed by atoms with van der Waals surface area (Å²) in [4.78, 5) is 15.0. The fourth-order valence-corrected chi connectivity index (χ4v) is 3.16. The third-order valence-corrected chi connectivity index (χ3v) is 4.48. The molecule has 0 saturated heterocycles. The Morgan fingerprint density at radius 3 is 2.64 bits per heavy atom. The van der Waals surface area contributed by atoms with E-state index in [2.05, 4.69) is 10.3 Å². The number of fused-ring (bicyclic) bond motifs is 1. The van der Waals surface area contributed by atoms with Crippen LogP contribution in [0.4, 0.5) is 0 Å². The molecule has 0 fully saturated rings. The summed E-state index contributed by atoms with van der Waals surface area (Å²) in [5, 5.41) is 4.06. The maximum absolute atomic E-state index is 11.4. The minimum atomic E-state index is -4.28. The Morgan fingerprint density at radius 2 is 2.12 bits per heavy atom. The first-order valence-corrected chi connectivity index (χ1v) is 9.19. The van der Waals surface area contributed by atoms with E-state index in [1.807, 2.05) is 0 Å². The van der Waals surface area contributed by atoms with Gasteiger partial charge >= 0.3 is 0 Å². The molecule has 1 aliphatic rings. The summed E-state index contributed by atoms with van der Waals surface area (Å²) in [5.41, 5.74) is 0.640. The number of nitrogens with one attached hydrogen (secondary N) is 1. The Labute approximate surface area is 150 Å². The molecule has 2 heterocycles. The normalized spacial score (nSPS) is 13.7. The number of aliphatic imine (C=N–C) groups is 1. The van der Waals surface area contributed by atoms with E-state index in [-0.39, 0.29) is 4.90 Å². The van der Waals surface area contributed by atoms with Crippen LogP contribution in [0.25, 0.3) is 10.9 Å². The highest BCUT2D eigenvalue weighted by atomic mass is 35.5. The van der Waals surface area contributed by atoms with Crippen LogP contribution in [0.2, 0.25) is 5.02 Å². The Bertz CT molecular complexity index is 906. The molecule has 25 heavy (non-hydrogen) atoms. The van der Waals surface area contributed by atoms with Crippen LogP contribution in [0.15, 0.2) is 34.3 Å². The number of amidine groups is 1. The van der Waals surface area contributed by atoms with E-state index < -0.39 is 10.1 Å². The summed E-state index contributed by atoms with van der Waals surface area (Å²) in [5.74, 6) is 0.781. The number of benzene rings is 1. The average Bonchev–Trinajstić information content (AvgIpc) is 3.16. The van der Waals surface area contributed by atoms with Crippen molar-refractivity contribution in [2.24, 2.45) is 4.99 Å². The molecular weight excluding hydrogens is 368 g/mol. The molecule has 10 heteroatoms. The smallest absolute Gasteiger partial charge is 0.296 e. The van der Waals surface area contributed by atoms with Crippen LogP contribution in [-0.2, 0) is 21.5 Å². The van der Waals surface area contributed by atoms with E-state index in [0.29, 0.717) is 29.0 Å². The second kappa shape index (κ2) is 7.85. The highest BCUT2D eigenvalue weighted by Crippen LogP contribution is 2.28. The van der Waals surface area contributed by atoms with Gasteiger partial charge in [-0.1, -0.05) is 11.6 Å². The van der Waals surface area contributed by atoms with Crippen molar-refractivity contribution in [1.29, 1.82) is 0 Å². The summed E-state index contributed by atoms with van der Waals surface area (Å²) >= 11 is 5.96. The van der Waals surface area contributed by atoms with Gasteiger partial charge in [0.25, 0.3) is 10.1 Å². The Kier molecular flexibility index (Phi) is 6.04. The van der Waals surface area contributed by atoms with Gasteiger partial charge in [-0.05, 0) is 18.2 Å². The van der Waals surface area contributed by atoms with Gasteiger partial charge in [0.05, 0.1) is 18.6 Å². The van der Waals surface area contributed by atoms with E-state index in [1.165, 1.54) is 11.1 Å². The Balaban J connectivity index is 0.000000399. The maximum atomic E-state index is 11.4. The molecule has 3 rings (SSSR count). The lowest BCUT2D eigenvalue weighted by Crippen LogP contribution is -2.23. The van der Waals surface area contributed by atoms with Gasteiger partial charge in [0, 0.05) is 37.2 Å². The number of halogens is 1. The predicted octanol–water partition coefficient (Wildman–Crippen LogP) is 1.25. The van der Waals surface area contributed by atoms with Crippen molar-refractivity contribution in [3.63, 3.8) is 0 Å². The number of carbonyl (C=O) groups excluding carboxylic acids is 1. The molecule has 2 N–H and O–H groups in total. The number of amides is 1. The molecule has 2 aromatic rings. The summed E-state index contributed by atoms with van der Waals surface area (Å²) in [6.07, 6.45) is 2.15. The number of carbonyl (C=O) groups is 1. The predicted molar refractivity (Wildman–Crippen MR) is 96.8 cm³/mol. The summed E-state index contributed by atoms with van der Waals surface area (Å²) in [6.45, 7) is 1.90. The fourth-order valence-electron chi connectivity index (χ4n) is 2.28. The van der Waals surface area contributed by atoms with E-state index in [9.17, 15) is 17.8 Å². The van der Waals surface area contributed by atoms with E-state index in [1.54, 1.807) is 36.9 Å². The first kappa shape index (κ1) is 19.2. The van der Waals surface area contributed by atoms with Crippen molar-refractivity contribution in [1.82, 2.24) is 14.8 Å². The number of hydrogen-bond donors (Lipinski definition) is 2. The SMILES string of the molecule is CN(C)C=O.O=S(=O)(O)c1cn(CC2=NCCN2)c2cc(Cl)ccc12. The quantitative estimate of drug-likeness (QED) is 0.607. The molecule has 1 amide bonds. The van der Waals surface area contributed by atoms with E-state index >= 15 is 0 Å². The maximum Gasteiger partial charge on any atom is 0.296 e. The molecule has 0 radical (unpaired) electrons. The van der Waals surface area contributed by atoms with Crippen LogP contribution in [0.5, 0.6) is 0 Å². The molecule has 8 nitrogen and oxygen atoms in total. The first-order chi connectivity index (χ1) is 11.7. The summed E-state index contributed by atoms with van der Waals surface area (Å²) < 4.78 is 33.9. The van der Waals surface area contributed by atoms with Crippen molar-refractivity contribution in [2.75, 3.05) is 27.2 Å². The van der Waals surface area contributed by atoms with Crippen molar-refractivity contribution in [2.45, 2.75) is 11.4 Å². The largest absolute Gasteiger partial charge is 0.370 e. The zero-order chi connectivity index (χ0) is 18.6. The third-order valence-electron chi connectivity index (χ3n) is 3.36. The molecule has 0 aliphatic carbocycles. The molecule has 0 saturated carbocycles. The summed E-state index contributed by atoms with van der Waals surface area (Å²) in [7, 11) is -0.904. The van der Waals surface area contributed by atoms with Gasteiger partial charge in [-0.3, -0.25) is 14.3 Å². The molecular formula is C15H19ClN4O4S. The van der Waals surface area contributed by atoms with E-state index in [0.717, 1.165) is 18.8 Å². The highest BCUT2D eigenvalue weighted by molar-refractivity contribution is 7.86. The fraction of sp³-hybridized carbons (Fsp3) is 0.333. The van der Waals surface area contributed by atoms with Crippen molar-refractivity contribution in [3.05, 3.63) is 29.4 Å². The van der Waals surface area contributed by atoms with Gasteiger partial charge in [-0.2, -0.15) is 8.42 Å². The van der Waals surface area contributed by atoms with Gasteiger partial charge in [-0.25, -0.2) is 0 Å². The van der Waals surface area contributed by atoms with Crippen LogP contribution in [0.1, 0.15) is 0 Å². The van der Waals surface area contributed by atoms with Crippen LogP contribution in [0, 0.1) is 0 Å². The Hall–Kier alpha value is -2.10. The number of aromatic nitrogens is 1. The van der Waals surface area contributed by atoms with Crippen molar-refractivity contribution in [3.8, 4) is 0 Å². The monoisotopic (exact) mass is 386 g/mol. The molecule has 0 atom stereocenters. The van der Waals surface area contributed by atoms with E-state index in [4.69, 9.17) is 11.6 Å². The molecule has 136 valence electrons. The van der Waals surface area contributed by atoms with Crippen molar-refractivity contribution < 1.29 is 17.8 Å². The van der Waals surface area contributed by atoms with Gasteiger partial charge in [0.2, 0.25) is 6.41 Å². The standard InChI is InChI=1S/C12H12ClN3O3S.C3H7NO/c13-8-1-2-9-10(5-8)16(6-11(9)20(17,18)19)7-12-14-3-4-15-12;1-4(2)3-5/h1-2,5-6H,3-4,7H2,(H,14,15)(H,17,18,19);3H,1-2H3. The number of hydrogen-bond acceptors (Lipinski definition) is 5. The Morgan fingerprint density at radius 1 is 1.44 bits per heavy atom. The molecule has 1 aromatic heterocycles. The zero-order valence-corrected chi connectivity index (χ0v) is 15.4. The second-order valence-corrected chi connectivity index (χ2v) is 7.41. The van der Waals surface area contributed by atoms with Crippen LogP contribution in [-0.4, -0.2) is 61.9 Å². The van der Waals surface area contributed by atoms with Crippen LogP contribution in [0.3, 0.4) is 0 Å². The van der Waals surface area contributed by atoms with Gasteiger partial charge in [0.15, 0.2) is 0 Å². The molecule has 1 aromatic carbocycles. The average molecular weight is 387 g/mol. The van der Waals surface area contributed by atoms with Gasteiger partial charge in [0.1, 0.15) is 10.7 Å². The summed E-state index contributed by atoms with van der Waals surface area (Å²) in [6, 6.07) is 4.84. The lowest BCUT2D eigenvalue weighted by Gasteiger charge is -2.05. The van der Waals surface area contributed by atoms with Gasteiger partial charge < -0.3 is 14.8 Å². The first-order valence-electron chi connectivity index (χ1n) is 7.37. The molecule has 0 spiro atoms. The molecule has 0 unspecified atom stereocenters. The van der Waals surface area contributed by atoms with Crippen LogP contribution < -0.4 is 5.32 Å². The zero-order valence-electron chi connectivity index (χ0n) is 13.8. The minimum absolute atomic E-state index is 0.122. The highest BCUT2D eigenvalue weighted by Gasteiger charge is 2.19. The lowest BCUT2D eigenvalue weighted by atomic mass is 10.2. The minimum Gasteiger partial charge on any atom is -0.370 e. The van der Waals surface area contributed by atoms with Crippen molar-refractivity contribution >= 4 is 44.9 Å². The van der Waals surface area contributed by atoms with Crippen LogP contribution >= 0.6 is 11.6 Å². The molecule has 1 aliphatic heterocycles.